The number of aliphatic hydroxyl groups excluding tert-OH is 2. The molecule has 1 heterocycles. The molecule has 72 valence electrons. The Morgan fingerprint density at radius 1 is 1.42 bits per heavy atom. The van der Waals surface area contributed by atoms with Crippen molar-refractivity contribution in [1.82, 2.24) is 4.90 Å². The fraction of sp³-hybridized carbons (Fsp3) is 1.00. The van der Waals surface area contributed by atoms with Crippen molar-refractivity contribution in [2.24, 2.45) is 5.92 Å². The molecule has 0 bridgehead atoms. The van der Waals surface area contributed by atoms with Crippen molar-refractivity contribution in [2.45, 2.75) is 25.8 Å². The first kappa shape index (κ1) is 9.96. The van der Waals surface area contributed by atoms with Crippen LogP contribution in [-0.4, -0.2) is 47.0 Å². The molecule has 3 heteroatoms. The van der Waals surface area contributed by atoms with Gasteiger partial charge in [-0.25, -0.2) is 0 Å². The second-order valence-electron chi connectivity index (χ2n) is 4.25. The lowest BCUT2D eigenvalue weighted by Crippen LogP contribution is -2.45. The van der Waals surface area contributed by atoms with Crippen LogP contribution in [0, 0.1) is 5.92 Å². The van der Waals surface area contributed by atoms with Crippen molar-refractivity contribution in [2.75, 3.05) is 26.3 Å². The van der Waals surface area contributed by atoms with Gasteiger partial charge in [-0.2, -0.15) is 0 Å². The molecule has 0 aliphatic carbocycles. The third-order valence-electron chi connectivity index (χ3n) is 2.79. The standard InChI is InChI=1S/C9H19NO2/c1-9(2,7-12)10-4-3-8(5-10)6-11/h8,11-12H,3-7H2,1-2H3. The Bertz CT molecular complexity index is 147. The van der Waals surface area contributed by atoms with Crippen molar-refractivity contribution >= 4 is 0 Å². The summed E-state index contributed by atoms with van der Waals surface area (Å²) in [6, 6.07) is 0. The topological polar surface area (TPSA) is 43.7 Å². The van der Waals surface area contributed by atoms with Crippen molar-refractivity contribution in [1.29, 1.82) is 0 Å². The van der Waals surface area contributed by atoms with Crippen LogP contribution in [-0.2, 0) is 0 Å². The van der Waals surface area contributed by atoms with E-state index >= 15 is 0 Å². The Kier molecular flexibility index (Phi) is 3.09. The van der Waals surface area contributed by atoms with Crippen LogP contribution in [0.4, 0.5) is 0 Å². The summed E-state index contributed by atoms with van der Waals surface area (Å²) in [5.74, 6) is 0.413. The van der Waals surface area contributed by atoms with Gasteiger partial charge in [0.1, 0.15) is 0 Å². The minimum absolute atomic E-state index is 0.121. The van der Waals surface area contributed by atoms with Crippen LogP contribution in [0.2, 0.25) is 0 Å². The van der Waals surface area contributed by atoms with Gasteiger partial charge >= 0.3 is 0 Å². The molecular formula is C9H19NO2. The molecule has 0 saturated carbocycles. The van der Waals surface area contributed by atoms with Crippen LogP contribution in [0.3, 0.4) is 0 Å². The Morgan fingerprint density at radius 2 is 2.08 bits per heavy atom. The van der Waals surface area contributed by atoms with Crippen LogP contribution in [0.15, 0.2) is 0 Å². The maximum absolute atomic E-state index is 9.11. The van der Waals surface area contributed by atoms with E-state index in [1.54, 1.807) is 0 Å². The lowest BCUT2D eigenvalue weighted by molar-refractivity contribution is 0.0711. The smallest absolute Gasteiger partial charge is 0.0610 e. The number of likely N-dealkylation sites (tertiary alicyclic amines) is 1. The highest BCUT2D eigenvalue weighted by Gasteiger charge is 2.32. The summed E-state index contributed by atoms with van der Waals surface area (Å²) in [7, 11) is 0. The van der Waals surface area contributed by atoms with Crippen molar-refractivity contribution in [3.05, 3.63) is 0 Å². The van der Waals surface area contributed by atoms with Crippen LogP contribution in [0.25, 0.3) is 0 Å². The zero-order chi connectivity index (χ0) is 9.19. The van der Waals surface area contributed by atoms with Gasteiger partial charge in [-0.1, -0.05) is 0 Å². The molecule has 1 atom stereocenters. The minimum Gasteiger partial charge on any atom is -0.396 e. The van der Waals surface area contributed by atoms with Crippen LogP contribution >= 0.6 is 0 Å². The highest BCUT2D eigenvalue weighted by molar-refractivity contribution is 4.87. The summed E-state index contributed by atoms with van der Waals surface area (Å²) < 4.78 is 0. The molecule has 1 aliphatic rings. The van der Waals surface area contributed by atoms with E-state index in [1.165, 1.54) is 0 Å². The number of aliphatic hydroxyl groups is 2. The molecule has 1 rings (SSSR count). The predicted molar refractivity (Wildman–Crippen MR) is 47.9 cm³/mol. The van der Waals surface area contributed by atoms with Crippen molar-refractivity contribution < 1.29 is 10.2 Å². The van der Waals surface area contributed by atoms with Crippen molar-refractivity contribution in [3.8, 4) is 0 Å². The highest BCUT2D eigenvalue weighted by Crippen LogP contribution is 2.23. The molecule has 0 aromatic rings. The van der Waals surface area contributed by atoms with Gasteiger partial charge in [0.25, 0.3) is 0 Å². The number of hydrogen-bond donors (Lipinski definition) is 2. The molecule has 0 amide bonds. The SMILES string of the molecule is CC(C)(CO)N1CCC(CO)C1. The summed E-state index contributed by atoms with van der Waals surface area (Å²) in [4.78, 5) is 2.24. The zero-order valence-electron chi connectivity index (χ0n) is 7.95. The molecule has 2 N–H and O–H groups in total. The maximum Gasteiger partial charge on any atom is 0.0610 e. The van der Waals surface area contributed by atoms with E-state index in [-0.39, 0.29) is 18.8 Å². The van der Waals surface area contributed by atoms with E-state index in [0.29, 0.717) is 5.92 Å². The molecule has 1 saturated heterocycles. The molecule has 1 fully saturated rings. The van der Waals surface area contributed by atoms with Gasteiger partial charge in [0, 0.05) is 18.7 Å². The molecule has 0 aromatic carbocycles. The molecule has 1 unspecified atom stereocenters. The normalized spacial score (nSPS) is 26.5. The average molecular weight is 173 g/mol. The summed E-state index contributed by atoms with van der Waals surface area (Å²) in [5.41, 5.74) is -0.121. The van der Waals surface area contributed by atoms with Crippen LogP contribution in [0.5, 0.6) is 0 Å². The van der Waals surface area contributed by atoms with Gasteiger partial charge in [0.15, 0.2) is 0 Å². The number of rotatable bonds is 3. The fourth-order valence-corrected chi connectivity index (χ4v) is 1.63. The van der Waals surface area contributed by atoms with Gasteiger partial charge in [0.05, 0.1) is 6.61 Å². The maximum atomic E-state index is 9.11. The fourth-order valence-electron chi connectivity index (χ4n) is 1.63. The minimum atomic E-state index is -0.121. The van der Waals surface area contributed by atoms with E-state index < -0.39 is 0 Å². The molecule has 1 aliphatic heterocycles. The molecule has 0 radical (unpaired) electrons. The lowest BCUT2D eigenvalue weighted by atomic mass is 10.1. The van der Waals surface area contributed by atoms with E-state index in [4.69, 9.17) is 10.2 Å². The molecule has 12 heavy (non-hydrogen) atoms. The summed E-state index contributed by atoms with van der Waals surface area (Å²) in [5, 5.41) is 18.0. The number of nitrogens with zero attached hydrogens (tertiary/aromatic N) is 1. The van der Waals surface area contributed by atoms with E-state index in [0.717, 1.165) is 19.5 Å². The largest absolute Gasteiger partial charge is 0.396 e. The van der Waals surface area contributed by atoms with Crippen LogP contribution in [0.1, 0.15) is 20.3 Å². The third kappa shape index (κ3) is 1.97. The molecule has 3 nitrogen and oxygen atoms in total. The van der Waals surface area contributed by atoms with Gasteiger partial charge < -0.3 is 10.2 Å². The Hall–Kier alpha value is -0.120. The van der Waals surface area contributed by atoms with Gasteiger partial charge in [-0.05, 0) is 32.7 Å². The monoisotopic (exact) mass is 173 g/mol. The second kappa shape index (κ2) is 3.73. The number of hydrogen-bond acceptors (Lipinski definition) is 3. The van der Waals surface area contributed by atoms with E-state index in [9.17, 15) is 0 Å². The lowest BCUT2D eigenvalue weighted by Gasteiger charge is -2.33. The zero-order valence-corrected chi connectivity index (χ0v) is 7.95. The Balaban J connectivity index is 2.46. The molecule has 0 spiro atoms. The van der Waals surface area contributed by atoms with Gasteiger partial charge in [-0.15, -0.1) is 0 Å². The predicted octanol–water partition coefficient (Wildman–Crippen LogP) is 0.0715. The quantitative estimate of drug-likeness (QED) is 0.635. The average Bonchev–Trinajstić information content (AvgIpc) is 2.52. The highest BCUT2D eigenvalue weighted by atomic mass is 16.3. The first-order valence-corrected chi connectivity index (χ1v) is 4.57. The summed E-state index contributed by atoms with van der Waals surface area (Å²) >= 11 is 0. The summed E-state index contributed by atoms with van der Waals surface area (Å²) in [6.07, 6.45) is 1.06. The Labute approximate surface area is 74.0 Å². The summed E-state index contributed by atoms with van der Waals surface area (Å²) in [6.45, 7) is 6.45. The Morgan fingerprint density at radius 3 is 2.50 bits per heavy atom. The molecular weight excluding hydrogens is 154 g/mol. The molecule has 0 aromatic heterocycles. The van der Waals surface area contributed by atoms with Crippen molar-refractivity contribution in [3.63, 3.8) is 0 Å². The van der Waals surface area contributed by atoms with E-state index in [2.05, 4.69) is 4.90 Å². The second-order valence-corrected chi connectivity index (χ2v) is 4.25. The van der Waals surface area contributed by atoms with Gasteiger partial charge in [-0.3, -0.25) is 4.90 Å². The first-order valence-electron chi connectivity index (χ1n) is 4.57. The van der Waals surface area contributed by atoms with Gasteiger partial charge in [0.2, 0.25) is 0 Å². The first-order chi connectivity index (χ1) is 5.60. The third-order valence-corrected chi connectivity index (χ3v) is 2.79. The van der Waals surface area contributed by atoms with E-state index in [1.807, 2.05) is 13.8 Å². The van der Waals surface area contributed by atoms with Crippen LogP contribution < -0.4 is 0 Å².